The molecule has 2 saturated heterocycles. The van der Waals surface area contributed by atoms with Crippen LogP contribution in [0.5, 0.6) is 0 Å². The van der Waals surface area contributed by atoms with Crippen LogP contribution in [0.1, 0.15) is 22.5 Å². The number of hydrogen-bond donors (Lipinski definition) is 1. The molecule has 5 amide bonds. The Morgan fingerprint density at radius 2 is 2.16 bits per heavy atom. The summed E-state index contributed by atoms with van der Waals surface area (Å²) >= 11 is 1.40. The molecule has 0 spiro atoms. The first kappa shape index (κ1) is 17.4. The summed E-state index contributed by atoms with van der Waals surface area (Å²) in [6, 6.07) is 2.99. The van der Waals surface area contributed by atoms with Gasteiger partial charge in [-0.15, -0.1) is 11.3 Å². The Morgan fingerprint density at radius 1 is 1.36 bits per heavy atom. The van der Waals surface area contributed by atoms with Gasteiger partial charge in [0.25, 0.3) is 11.8 Å². The smallest absolute Gasteiger partial charge is 0.327 e. The number of carbonyl (C=O) groups excluding carboxylic acids is 4. The minimum absolute atomic E-state index is 0.00135. The van der Waals surface area contributed by atoms with E-state index in [1.807, 2.05) is 11.4 Å². The topological polar surface area (TPSA) is 90.0 Å². The largest absolute Gasteiger partial charge is 0.350 e. The highest BCUT2D eigenvalue weighted by Gasteiger charge is 2.35. The molecule has 9 heteroatoms. The van der Waals surface area contributed by atoms with Crippen LogP contribution in [0, 0.1) is 0 Å². The molecule has 0 aliphatic carbocycles. The van der Waals surface area contributed by atoms with Gasteiger partial charge in [-0.2, -0.15) is 0 Å². The molecule has 1 aromatic heterocycles. The van der Waals surface area contributed by atoms with Crippen LogP contribution in [0.25, 0.3) is 0 Å². The Bertz CT molecular complexity index is 690. The third-order valence-electron chi connectivity index (χ3n) is 4.34. The number of piperidine rings is 1. The van der Waals surface area contributed by atoms with E-state index in [1.165, 1.54) is 23.3 Å². The van der Waals surface area contributed by atoms with Crippen molar-refractivity contribution in [2.75, 3.05) is 33.2 Å². The Labute approximate surface area is 149 Å². The van der Waals surface area contributed by atoms with Gasteiger partial charge >= 0.3 is 6.03 Å². The Balaban J connectivity index is 1.54. The Hall–Kier alpha value is -2.42. The van der Waals surface area contributed by atoms with Crippen molar-refractivity contribution in [3.05, 3.63) is 22.4 Å². The molecule has 0 unspecified atom stereocenters. The number of carbonyl (C=O) groups is 4. The van der Waals surface area contributed by atoms with Gasteiger partial charge in [0.15, 0.2) is 0 Å². The minimum Gasteiger partial charge on any atom is -0.350 e. The van der Waals surface area contributed by atoms with E-state index in [2.05, 4.69) is 5.32 Å². The molecule has 3 rings (SSSR count). The summed E-state index contributed by atoms with van der Waals surface area (Å²) in [7, 11) is 1.52. The van der Waals surface area contributed by atoms with E-state index in [1.54, 1.807) is 11.0 Å². The normalized spacial score (nSPS) is 21.0. The van der Waals surface area contributed by atoms with Crippen LogP contribution in [-0.2, 0) is 9.59 Å². The fraction of sp³-hybridized carbons (Fsp3) is 0.500. The van der Waals surface area contributed by atoms with Crippen LogP contribution >= 0.6 is 11.3 Å². The number of nitrogens with one attached hydrogen (secondary N) is 1. The van der Waals surface area contributed by atoms with E-state index in [-0.39, 0.29) is 36.9 Å². The molecule has 0 aromatic carbocycles. The maximum absolute atomic E-state index is 12.4. The average molecular weight is 364 g/mol. The monoisotopic (exact) mass is 364 g/mol. The maximum atomic E-state index is 12.4. The summed E-state index contributed by atoms with van der Waals surface area (Å²) in [4.78, 5) is 52.8. The number of likely N-dealkylation sites (N-methyl/N-ethyl adjacent to an activating group) is 1. The number of amides is 5. The predicted octanol–water partition coefficient (Wildman–Crippen LogP) is 0.363. The highest BCUT2D eigenvalue weighted by molar-refractivity contribution is 7.12. The Morgan fingerprint density at radius 3 is 2.80 bits per heavy atom. The molecular weight excluding hydrogens is 344 g/mol. The zero-order valence-electron chi connectivity index (χ0n) is 13.9. The summed E-state index contributed by atoms with van der Waals surface area (Å²) in [5, 5.41) is 4.70. The predicted molar refractivity (Wildman–Crippen MR) is 91.1 cm³/mol. The summed E-state index contributed by atoms with van der Waals surface area (Å²) in [6.45, 7) is 0.817. The Kier molecular flexibility index (Phi) is 5.03. The molecule has 134 valence electrons. The zero-order valence-corrected chi connectivity index (χ0v) is 14.8. The first-order valence-electron chi connectivity index (χ1n) is 8.13. The van der Waals surface area contributed by atoms with E-state index in [0.29, 0.717) is 18.0 Å². The van der Waals surface area contributed by atoms with Gasteiger partial charge in [0.05, 0.1) is 4.88 Å². The van der Waals surface area contributed by atoms with Crippen LogP contribution in [0.2, 0.25) is 0 Å². The van der Waals surface area contributed by atoms with Crippen LogP contribution in [0.3, 0.4) is 0 Å². The summed E-state index contributed by atoms with van der Waals surface area (Å²) < 4.78 is 0. The second kappa shape index (κ2) is 7.22. The fourth-order valence-corrected chi connectivity index (χ4v) is 3.77. The van der Waals surface area contributed by atoms with Crippen molar-refractivity contribution in [1.29, 1.82) is 0 Å². The summed E-state index contributed by atoms with van der Waals surface area (Å²) in [6.07, 6.45) is 1.56. The molecule has 0 saturated carbocycles. The molecule has 8 nitrogen and oxygen atoms in total. The lowest BCUT2D eigenvalue weighted by Crippen LogP contribution is -2.51. The standard InChI is InChI=1S/C16H20N4O4S/c1-18-10-14(22)20(16(18)24)9-13(21)17-11-4-2-6-19(8-11)15(23)12-5-3-7-25-12/h3,5,7,11H,2,4,6,8-10H2,1H3,(H,17,21)/t11-/m1/s1. The molecule has 0 radical (unpaired) electrons. The third kappa shape index (κ3) is 3.81. The van der Waals surface area contributed by atoms with Gasteiger partial charge in [-0.1, -0.05) is 6.07 Å². The molecule has 1 N–H and O–H groups in total. The van der Waals surface area contributed by atoms with Crippen molar-refractivity contribution < 1.29 is 19.2 Å². The molecule has 2 aliphatic heterocycles. The van der Waals surface area contributed by atoms with Crippen molar-refractivity contribution in [3.63, 3.8) is 0 Å². The van der Waals surface area contributed by atoms with Crippen LogP contribution < -0.4 is 5.32 Å². The number of thiophene rings is 1. The second-order valence-electron chi connectivity index (χ2n) is 6.25. The lowest BCUT2D eigenvalue weighted by molar-refractivity contribution is -0.131. The number of imide groups is 1. The lowest BCUT2D eigenvalue weighted by atomic mass is 10.1. The van der Waals surface area contributed by atoms with E-state index < -0.39 is 6.03 Å². The molecular formula is C16H20N4O4S. The lowest BCUT2D eigenvalue weighted by Gasteiger charge is -2.33. The van der Waals surface area contributed by atoms with Gasteiger partial charge in [-0.05, 0) is 24.3 Å². The van der Waals surface area contributed by atoms with E-state index in [9.17, 15) is 19.2 Å². The number of nitrogens with zero attached hydrogens (tertiary/aromatic N) is 3. The fourth-order valence-electron chi connectivity index (χ4n) is 3.08. The molecule has 25 heavy (non-hydrogen) atoms. The highest BCUT2D eigenvalue weighted by atomic mass is 32.1. The molecule has 1 aromatic rings. The zero-order chi connectivity index (χ0) is 18.0. The molecule has 0 bridgehead atoms. The summed E-state index contributed by atoms with van der Waals surface area (Å²) in [5.74, 6) is -0.784. The van der Waals surface area contributed by atoms with Gasteiger partial charge in [0, 0.05) is 26.2 Å². The van der Waals surface area contributed by atoms with E-state index in [4.69, 9.17) is 0 Å². The van der Waals surface area contributed by atoms with Crippen LogP contribution in [-0.4, -0.2) is 77.7 Å². The maximum Gasteiger partial charge on any atom is 0.327 e. The SMILES string of the molecule is CN1CC(=O)N(CC(=O)N[C@@H]2CCCN(C(=O)c3cccs3)C2)C1=O. The van der Waals surface area contributed by atoms with Gasteiger partial charge < -0.3 is 15.1 Å². The number of hydrogen-bond acceptors (Lipinski definition) is 5. The number of rotatable bonds is 4. The van der Waals surface area contributed by atoms with Gasteiger partial charge in [-0.3, -0.25) is 19.3 Å². The van der Waals surface area contributed by atoms with Crippen molar-refractivity contribution in [2.45, 2.75) is 18.9 Å². The van der Waals surface area contributed by atoms with E-state index >= 15 is 0 Å². The van der Waals surface area contributed by atoms with Crippen LogP contribution in [0.4, 0.5) is 4.79 Å². The molecule has 3 heterocycles. The first-order chi connectivity index (χ1) is 12.0. The van der Waals surface area contributed by atoms with Crippen molar-refractivity contribution >= 4 is 35.1 Å². The molecule has 2 fully saturated rings. The van der Waals surface area contributed by atoms with Gasteiger partial charge in [0.2, 0.25) is 5.91 Å². The van der Waals surface area contributed by atoms with Gasteiger partial charge in [-0.25, -0.2) is 4.79 Å². The quantitative estimate of drug-likeness (QED) is 0.782. The highest BCUT2D eigenvalue weighted by Crippen LogP contribution is 2.17. The van der Waals surface area contributed by atoms with Crippen molar-refractivity contribution in [2.24, 2.45) is 0 Å². The van der Waals surface area contributed by atoms with Crippen molar-refractivity contribution in [3.8, 4) is 0 Å². The van der Waals surface area contributed by atoms with Crippen LogP contribution in [0.15, 0.2) is 17.5 Å². The first-order valence-corrected chi connectivity index (χ1v) is 9.01. The second-order valence-corrected chi connectivity index (χ2v) is 7.20. The van der Waals surface area contributed by atoms with Crippen molar-refractivity contribution in [1.82, 2.24) is 20.0 Å². The molecule has 1 atom stereocenters. The third-order valence-corrected chi connectivity index (χ3v) is 5.20. The number of likely N-dealkylation sites (tertiary alicyclic amines) is 1. The summed E-state index contributed by atoms with van der Waals surface area (Å²) in [5.41, 5.74) is 0. The minimum atomic E-state index is -0.460. The van der Waals surface area contributed by atoms with Gasteiger partial charge in [0.1, 0.15) is 13.1 Å². The number of urea groups is 1. The molecule has 2 aliphatic rings. The van der Waals surface area contributed by atoms with E-state index in [0.717, 1.165) is 17.7 Å². The average Bonchev–Trinajstić information content (AvgIpc) is 3.19.